The van der Waals surface area contributed by atoms with E-state index in [1.165, 1.54) is 22.6 Å². The van der Waals surface area contributed by atoms with Gasteiger partial charge < -0.3 is 15.0 Å². The Morgan fingerprint density at radius 2 is 1.90 bits per heavy atom. The summed E-state index contributed by atoms with van der Waals surface area (Å²) in [5.74, 6) is 0.816. The first-order valence-corrected chi connectivity index (χ1v) is 12.7. The fraction of sp³-hybridized carbons (Fsp3) is 0.591. The number of thioether (sulfide) groups is 1. The monoisotopic (exact) mass is 458 g/mol. The highest BCUT2D eigenvalue weighted by Crippen LogP contribution is 2.52. The van der Waals surface area contributed by atoms with E-state index in [2.05, 4.69) is 24.1 Å². The lowest BCUT2D eigenvalue weighted by Gasteiger charge is -2.39. The average molecular weight is 459 g/mol. The Bertz CT molecular complexity index is 1140. The number of fused-ring (bicyclic) bond motifs is 6. The smallest absolute Gasteiger partial charge is 0.265 e. The highest BCUT2D eigenvalue weighted by atomic mass is 32.2. The summed E-state index contributed by atoms with van der Waals surface area (Å²) < 4.78 is 6.80. The zero-order chi connectivity index (χ0) is 21.5. The first-order valence-electron chi connectivity index (χ1n) is 10.9. The van der Waals surface area contributed by atoms with Crippen molar-refractivity contribution in [3.05, 3.63) is 16.1 Å². The van der Waals surface area contributed by atoms with Gasteiger partial charge >= 0.3 is 0 Å². The Morgan fingerprint density at radius 1 is 1.13 bits per heavy atom. The minimum absolute atomic E-state index is 0.0615. The van der Waals surface area contributed by atoms with Crippen LogP contribution >= 0.6 is 23.1 Å². The predicted molar refractivity (Wildman–Crippen MR) is 124 cm³/mol. The van der Waals surface area contributed by atoms with Crippen LogP contribution in [0.15, 0.2) is 0 Å². The van der Waals surface area contributed by atoms with Gasteiger partial charge in [0.05, 0.1) is 35.0 Å². The van der Waals surface area contributed by atoms with Crippen LogP contribution in [0.1, 0.15) is 54.5 Å². The second kappa shape index (κ2) is 6.59. The summed E-state index contributed by atoms with van der Waals surface area (Å²) in [5, 5.41) is 3.09. The number of thiophene rings is 1. The van der Waals surface area contributed by atoms with Crippen LogP contribution < -0.4 is 15.1 Å². The second-order valence-corrected chi connectivity index (χ2v) is 12.3. The zero-order valence-electron chi connectivity index (χ0n) is 18.0. The fourth-order valence-corrected chi connectivity index (χ4v) is 7.56. The van der Waals surface area contributed by atoms with Gasteiger partial charge in [-0.3, -0.25) is 14.5 Å². The van der Waals surface area contributed by atoms with E-state index in [1.807, 2.05) is 23.6 Å². The van der Waals surface area contributed by atoms with Gasteiger partial charge in [0.15, 0.2) is 0 Å². The van der Waals surface area contributed by atoms with Gasteiger partial charge in [-0.25, -0.2) is 4.98 Å². The van der Waals surface area contributed by atoms with Gasteiger partial charge in [0.2, 0.25) is 5.91 Å². The molecule has 4 aliphatic rings. The summed E-state index contributed by atoms with van der Waals surface area (Å²) in [4.78, 5) is 36.0. The molecule has 7 nitrogen and oxygen atoms in total. The standard InChI is InChI=1S/C22H26N4O3S2/c1-21(2)10-12-13(11-30-21)23-15-17-19(20(28)24-22(3)5-4-14(27)26(17)22)31-18(15)16(12)25-6-8-29-9-7-25/h4-11H2,1-3H3,(H,24,28)/t22-/m1/s1. The minimum Gasteiger partial charge on any atom is -0.378 e. The number of amides is 2. The summed E-state index contributed by atoms with van der Waals surface area (Å²) in [6.45, 7) is 9.57. The first-order chi connectivity index (χ1) is 14.8. The van der Waals surface area contributed by atoms with Crippen molar-refractivity contribution in [2.24, 2.45) is 0 Å². The third kappa shape index (κ3) is 2.85. The number of carbonyl (C=O) groups excluding carboxylic acids is 2. The zero-order valence-corrected chi connectivity index (χ0v) is 19.7. The minimum atomic E-state index is -0.664. The number of nitrogens with one attached hydrogen (secondary N) is 1. The van der Waals surface area contributed by atoms with Crippen LogP contribution in [0.3, 0.4) is 0 Å². The number of anilines is 2. The molecule has 0 aromatic carbocycles. The lowest BCUT2D eigenvalue weighted by Crippen LogP contribution is -2.59. The Kier molecular flexibility index (Phi) is 4.21. The number of morpholine rings is 1. The molecule has 6 rings (SSSR count). The van der Waals surface area contributed by atoms with Gasteiger partial charge in [0.1, 0.15) is 16.1 Å². The van der Waals surface area contributed by atoms with E-state index in [1.54, 1.807) is 0 Å². The third-order valence-corrected chi connectivity index (χ3v) is 9.38. The molecule has 0 unspecified atom stereocenters. The molecule has 2 amide bonds. The van der Waals surface area contributed by atoms with Crippen LogP contribution in [0.5, 0.6) is 0 Å². The van der Waals surface area contributed by atoms with E-state index >= 15 is 0 Å². The van der Waals surface area contributed by atoms with E-state index in [0.29, 0.717) is 30.9 Å². The molecule has 0 saturated carbocycles. The molecule has 0 spiro atoms. The van der Waals surface area contributed by atoms with Crippen molar-refractivity contribution >= 4 is 56.5 Å². The number of rotatable bonds is 1. The molecule has 9 heteroatoms. The summed E-state index contributed by atoms with van der Waals surface area (Å²) in [6, 6.07) is 0. The highest BCUT2D eigenvalue weighted by molar-refractivity contribution is 7.99. The summed E-state index contributed by atoms with van der Waals surface area (Å²) in [6.07, 6.45) is 2.01. The SMILES string of the molecule is CC1(C)Cc2c(nc3c4c(sc3c2N2CCOCC2)C(=O)N[C@@]2(C)CCC(=O)N42)CS1. The molecular weight excluding hydrogens is 432 g/mol. The number of pyridine rings is 1. The van der Waals surface area contributed by atoms with Crippen molar-refractivity contribution in [2.75, 3.05) is 36.1 Å². The average Bonchev–Trinajstić information content (AvgIpc) is 3.23. The molecule has 164 valence electrons. The molecule has 0 bridgehead atoms. The number of nitrogens with zero attached hydrogens (tertiary/aromatic N) is 3. The maximum absolute atomic E-state index is 13.1. The maximum Gasteiger partial charge on any atom is 0.265 e. The van der Waals surface area contributed by atoms with Gasteiger partial charge in [-0.15, -0.1) is 23.1 Å². The van der Waals surface area contributed by atoms with Gasteiger partial charge in [-0.05, 0) is 19.8 Å². The molecule has 2 saturated heterocycles. The van der Waals surface area contributed by atoms with Crippen molar-refractivity contribution < 1.29 is 14.3 Å². The maximum atomic E-state index is 13.1. The number of hydrogen-bond acceptors (Lipinski definition) is 7. The molecule has 0 aliphatic carbocycles. The van der Waals surface area contributed by atoms with E-state index in [-0.39, 0.29) is 16.6 Å². The van der Waals surface area contributed by atoms with Gasteiger partial charge in [-0.2, -0.15) is 0 Å². The number of aromatic nitrogens is 1. The van der Waals surface area contributed by atoms with Crippen molar-refractivity contribution in [3.63, 3.8) is 0 Å². The number of hydrogen-bond donors (Lipinski definition) is 1. The fourth-order valence-electron chi connectivity index (χ4n) is 5.32. The Balaban J connectivity index is 1.65. The van der Waals surface area contributed by atoms with Crippen LogP contribution in [0.4, 0.5) is 11.4 Å². The molecule has 1 N–H and O–H groups in total. The summed E-state index contributed by atoms with van der Waals surface area (Å²) >= 11 is 3.42. The first kappa shape index (κ1) is 19.8. The number of carbonyl (C=O) groups is 2. The quantitative estimate of drug-likeness (QED) is 0.707. The van der Waals surface area contributed by atoms with Crippen molar-refractivity contribution in [1.29, 1.82) is 0 Å². The highest BCUT2D eigenvalue weighted by Gasteiger charge is 2.50. The molecule has 0 radical (unpaired) electrons. The second-order valence-electron chi connectivity index (χ2n) is 9.62. The molecule has 4 aliphatic heterocycles. The lowest BCUT2D eigenvalue weighted by atomic mass is 9.97. The molecule has 2 aromatic heterocycles. The van der Waals surface area contributed by atoms with Gasteiger partial charge in [-0.1, -0.05) is 13.8 Å². The summed E-state index contributed by atoms with van der Waals surface area (Å²) in [5.41, 5.74) is 4.48. The van der Waals surface area contributed by atoms with Crippen LogP contribution in [0.25, 0.3) is 10.2 Å². The van der Waals surface area contributed by atoms with E-state index in [9.17, 15) is 9.59 Å². The summed E-state index contributed by atoms with van der Waals surface area (Å²) in [7, 11) is 0. The van der Waals surface area contributed by atoms with E-state index in [4.69, 9.17) is 9.72 Å². The molecule has 31 heavy (non-hydrogen) atoms. The third-order valence-electron chi connectivity index (χ3n) is 6.87. The molecule has 2 aromatic rings. The topological polar surface area (TPSA) is 74.8 Å². The van der Waals surface area contributed by atoms with Crippen LogP contribution in [0.2, 0.25) is 0 Å². The Labute approximate surface area is 189 Å². The Morgan fingerprint density at radius 3 is 2.68 bits per heavy atom. The van der Waals surface area contributed by atoms with E-state index < -0.39 is 5.66 Å². The van der Waals surface area contributed by atoms with Crippen LogP contribution in [0, 0.1) is 0 Å². The van der Waals surface area contributed by atoms with Crippen LogP contribution in [-0.2, 0) is 21.7 Å². The molecular formula is C22H26N4O3S2. The van der Waals surface area contributed by atoms with Crippen molar-refractivity contribution in [1.82, 2.24) is 10.3 Å². The predicted octanol–water partition coefficient (Wildman–Crippen LogP) is 3.29. The largest absolute Gasteiger partial charge is 0.378 e. The van der Waals surface area contributed by atoms with Gasteiger partial charge in [0.25, 0.3) is 5.91 Å². The normalized spacial score (nSPS) is 27.2. The van der Waals surface area contributed by atoms with Gasteiger partial charge in [0, 0.05) is 35.6 Å². The molecule has 1 atom stereocenters. The van der Waals surface area contributed by atoms with Crippen molar-refractivity contribution in [2.45, 2.75) is 56.2 Å². The van der Waals surface area contributed by atoms with Crippen molar-refractivity contribution in [3.8, 4) is 0 Å². The number of ether oxygens (including phenoxy) is 1. The Hall–Kier alpha value is -1.84. The lowest BCUT2D eigenvalue weighted by molar-refractivity contribution is -0.117. The molecule has 6 heterocycles. The van der Waals surface area contributed by atoms with E-state index in [0.717, 1.165) is 46.9 Å². The molecule has 2 fully saturated rings. The van der Waals surface area contributed by atoms with Crippen LogP contribution in [-0.4, -0.2) is 53.5 Å².